The van der Waals surface area contributed by atoms with Gasteiger partial charge in [-0.05, 0) is 65.6 Å². The lowest BCUT2D eigenvalue weighted by Crippen LogP contribution is -2.05. The SMILES string of the molecule is C=C(O)c1c(/C(O)=C(/O)CO)n(-c2ccc(-c3ccc4oc5cccc(-c6nc(-c7ccccc7)nc(-c7cccc(-c8ccccc8)c7)n6)c5c4c3)cc2)c2c(O)c(O)c(C)c(O)c12. The molecule has 12 nitrogen and oxygen atoms in total. The largest absolute Gasteiger partial charge is 0.508 e. The summed E-state index contributed by atoms with van der Waals surface area (Å²) in [7, 11) is 0. The molecular weight excluding hydrogens is 821 g/mol. The topological polar surface area (TPSA) is 198 Å². The molecule has 10 rings (SSSR count). The smallest absolute Gasteiger partial charge is 0.183 e. The highest BCUT2D eigenvalue weighted by molar-refractivity contribution is 6.13. The Balaban J connectivity index is 1.12. The molecule has 12 heteroatoms. The number of nitrogens with zero attached hydrogens (tertiary/aromatic N) is 4. The summed E-state index contributed by atoms with van der Waals surface area (Å²) in [4.78, 5) is 15.1. The number of rotatable bonds is 9. The van der Waals surface area contributed by atoms with Gasteiger partial charge in [0.2, 0.25) is 0 Å². The van der Waals surface area contributed by atoms with Crippen molar-refractivity contribution in [3.05, 3.63) is 175 Å². The van der Waals surface area contributed by atoms with Gasteiger partial charge in [0.15, 0.2) is 40.5 Å². The highest BCUT2D eigenvalue weighted by atomic mass is 16.3. The van der Waals surface area contributed by atoms with Gasteiger partial charge >= 0.3 is 0 Å². The van der Waals surface area contributed by atoms with Crippen molar-refractivity contribution in [1.29, 1.82) is 0 Å². The van der Waals surface area contributed by atoms with E-state index >= 15 is 0 Å². The van der Waals surface area contributed by atoms with Gasteiger partial charge in [0, 0.05) is 38.7 Å². The van der Waals surface area contributed by atoms with Gasteiger partial charge in [0.1, 0.15) is 40.5 Å². The molecule has 0 atom stereocenters. The van der Waals surface area contributed by atoms with E-state index in [-0.39, 0.29) is 33.4 Å². The summed E-state index contributed by atoms with van der Waals surface area (Å²) < 4.78 is 7.65. The lowest BCUT2D eigenvalue weighted by molar-refractivity contribution is 0.245. The summed E-state index contributed by atoms with van der Waals surface area (Å²) in [5.41, 5.74) is 6.76. The number of furan rings is 1. The van der Waals surface area contributed by atoms with E-state index in [2.05, 4.69) is 30.8 Å². The number of aromatic hydroxyl groups is 3. The van der Waals surface area contributed by atoms with Crippen LogP contribution < -0.4 is 0 Å². The quantitative estimate of drug-likeness (QED) is 0.0414. The number of fused-ring (bicyclic) bond motifs is 4. The molecule has 65 heavy (non-hydrogen) atoms. The van der Waals surface area contributed by atoms with Crippen LogP contribution in [0.15, 0.2) is 162 Å². The van der Waals surface area contributed by atoms with Crippen LogP contribution in [0.1, 0.15) is 16.8 Å². The van der Waals surface area contributed by atoms with E-state index in [0.29, 0.717) is 28.6 Å². The van der Waals surface area contributed by atoms with Gasteiger partial charge in [-0.15, -0.1) is 0 Å². The first-order valence-corrected chi connectivity index (χ1v) is 20.5. The van der Waals surface area contributed by atoms with Crippen molar-refractivity contribution in [1.82, 2.24) is 19.5 Å². The third kappa shape index (κ3) is 6.72. The first kappa shape index (κ1) is 40.2. The minimum Gasteiger partial charge on any atom is -0.508 e. The monoisotopic (exact) mass is 858 g/mol. The molecule has 0 aliphatic rings. The van der Waals surface area contributed by atoms with Gasteiger partial charge in [0.05, 0.1) is 10.9 Å². The van der Waals surface area contributed by atoms with Crippen LogP contribution >= 0.6 is 0 Å². The van der Waals surface area contributed by atoms with Crippen LogP contribution in [0, 0.1) is 6.92 Å². The Morgan fingerprint density at radius 1 is 0.569 bits per heavy atom. The Hall–Kier alpha value is -8.87. The first-order valence-electron chi connectivity index (χ1n) is 20.5. The maximum atomic E-state index is 11.3. The number of phenolic OH excluding ortho intramolecular Hbond substituents is 3. The Bertz CT molecular complexity index is 3560. The summed E-state index contributed by atoms with van der Waals surface area (Å²) >= 11 is 0. The molecule has 0 amide bonds. The molecule has 0 fully saturated rings. The Labute approximate surface area is 370 Å². The molecule has 0 spiro atoms. The summed E-state index contributed by atoms with van der Waals surface area (Å²) in [6.45, 7) is 3.99. The van der Waals surface area contributed by atoms with E-state index in [4.69, 9.17) is 19.4 Å². The zero-order valence-corrected chi connectivity index (χ0v) is 34.6. The van der Waals surface area contributed by atoms with Crippen molar-refractivity contribution in [2.45, 2.75) is 6.92 Å². The molecule has 7 N–H and O–H groups in total. The van der Waals surface area contributed by atoms with Crippen molar-refractivity contribution < 1.29 is 40.2 Å². The molecule has 7 aromatic carbocycles. The number of benzene rings is 7. The molecule has 0 saturated heterocycles. The van der Waals surface area contributed by atoms with Crippen molar-refractivity contribution in [2.75, 3.05) is 6.61 Å². The highest BCUT2D eigenvalue weighted by Crippen LogP contribution is 2.50. The molecule has 0 unspecified atom stereocenters. The van der Waals surface area contributed by atoms with Gasteiger partial charge in [-0.1, -0.05) is 116 Å². The fourth-order valence-corrected chi connectivity index (χ4v) is 8.40. The normalized spacial score (nSPS) is 12.0. The molecule has 0 radical (unpaired) electrons. The van der Waals surface area contributed by atoms with Crippen molar-refractivity contribution in [2.24, 2.45) is 0 Å². The van der Waals surface area contributed by atoms with Gasteiger partial charge in [-0.25, -0.2) is 15.0 Å². The second-order valence-electron chi connectivity index (χ2n) is 15.5. The number of hydrogen-bond acceptors (Lipinski definition) is 11. The number of aliphatic hydroxyl groups excluding tert-OH is 4. The summed E-state index contributed by atoms with van der Waals surface area (Å²) in [6.07, 6.45) is 0. The molecule has 3 aromatic heterocycles. The van der Waals surface area contributed by atoms with Crippen LogP contribution in [0.4, 0.5) is 0 Å². The second kappa shape index (κ2) is 15.8. The summed E-state index contributed by atoms with van der Waals surface area (Å²) in [6, 6.07) is 46.5. The predicted octanol–water partition coefficient (Wildman–Crippen LogP) is 11.8. The van der Waals surface area contributed by atoms with Crippen molar-refractivity contribution >= 4 is 44.4 Å². The Morgan fingerprint density at radius 3 is 1.85 bits per heavy atom. The van der Waals surface area contributed by atoms with E-state index < -0.39 is 41.1 Å². The molecule has 0 bridgehead atoms. The van der Waals surface area contributed by atoms with E-state index in [1.54, 1.807) is 24.3 Å². The molecule has 318 valence electrons. The van der Waals surface area contributed by atoms with E-state index in [1.807, 2.05) is 97.1 Å². The minimum atomic E-state index is -0.968. The van der Waals surface area contributed by atoms with Crippen LogP contribution in [-0.4, -0.2) is 61.9 Å². The van der Waals surface area contributed by atoms with Crippen LogP contribution in [0.5, 0.6) is 17.2 Å². The number of phenols is 3. The van der Waals surface area contributed by atoms with Crippen molar-refractivity contribution in [3.8, 4) is 79.4 Å². The third-order valence-corrected chi connectivity index (χ3v) is 11.6. The lowest BCUT2D eigenvalue weighted by atomic mass is 10.00. The zero-order chi connectivity index (χ0) is 45.1. The first-order chi connectivity index (χ1) is 31.5. The Kier molecular flexibility index (Phi) is 9.77. The Morgan fingerprint density at radius 2 is 1.15 bits per heavy atom. The van der Waals surface area contributed by atoms with Crippen molar-refractivity contribution in [3.63, 3.8) is 0 Å². The number of aliphatic hydroxyl groups is 4. The van der Waals surface area contributed by atoms with Gasteiger partial charge in [-0.3, -0.25) is 0 Å². The summed E-state index contributed by atoms with van der Waals surface area (Å²) in [5, 5.41) is 77.0. The van der Waals surface area contributed by atoms with E-state index in [1.165, 1.54) is 11.5 Å². The predicted molar refractivity (Wildman–Crippen MR) is 252 cm³/mol. The molecule has 10 aromatic rings. The second-order valence-corrected chi connectivity index (χ2v) is 15.5. The summed E-state index contributed by atoms with van der Waals surface area (Å²) in [5.74, 6) is -2.66. The fourth-order valence-electron chi connectivity index (χ4n) is 8.40. The number of aromatic nitrogens is 4. The van der Waals surface area contributed by atoms with Crippen LogP contribution in [0.2, 0.25) is 0 Å². The maximum Gasteiger partial charge on any atom is 0.183 e. The maximum absolute atomic E-state index is 11.3. The number of hydrogen-bond donors (Lipinski definition) is 7. The minimum absolute atomic E-state index is 0.0992. The van der Waals surface area contributed by atoms with Crippen LogP contribution in [0.3, 0.4) is 0 Å². The molecule has 3 heterocycles. The van der Waals surface area contributed by atoms with Gasteiger partial charge < -0.3 is 44.7 Å². The lowest BCUT2D eigenvalue weighted by Gasteiger charge is -2.14. The molecule has 0 aliphatic heterocycles. The third-order valence-electron chi connectivity index (χ3n) is 11.6. The zero-order valence-electron chi connectivity index (χ0n) is 34.6. The fraction of sp³-hybridized carbons (Fsp3) is 0.0377. The van der Waals surface area contributed by atoms with Gasteiger partial charge in [-0.2, -0.15) is 0 Å². The van der Waals surface area contributed by atoms with E-state index in [9.17, 15) is 35.7 Å². The standard InChI is InChI=1S/C53H38N4O8/c1-28-47(61)44-42(29(2)59)45(49(63)39(60)27-58)57(46(44)50(64)48(28)62)36-22-19-31(20-23-36)34-21-24-40-38(26-34)43-37(17-10-18-41(43)65-40)53-55-51(32-13-7-4-8-14-32)54-52(56-53)35-16-9-15-33(25-35)30-11-5-3-6-12-30/h3-26,58-64H,2,27H2,1H3/b49-39-. The molecule has 0 aliphatic carbocycles. The highest BCUT2D eigenvalue weighted by Gasteiger charge is 2.32. The molecular formula is C53H38N4O8. The van der Waals surface area contributed by atoms with Gasteiger partial charge in [0.25, 0.3) is 0 Å². The van der Waals surface area contributed by atoms with Crippen LogP contribution in [0.25, 0.3) is 106 Å². The average Bonchev–Trinajstić information content (AvgIpc) is 3.92. The van der Waals surface area contributed by atoms with E-state index in [0.717, 1.165) is 49.7 Å². The molecule has 0 saturated carbocycles. The van der Waals surface area contributed by atoms with Crippen LogP contribution in [-0.2, 0) is 0 Å². The average molecular weight is 859 g/mol.